The summed E-state index contributed by atoms with van der Waals surface area (Å²) in [5.41, 5.74) is 7.61. The van der Waals surface area contributed by atoms with Crippen molar-refractivity contribution in [2.45, 2.75) is 0 Å². The molecule has 0 saturated heterocycles. The highest BCUT2D eigenvalue weighted by molar-refractivity contribution is 5.92. The normalized spacial score (nSPS) is 10.1. The first-order valence-corrected chi connectivity index (χ1v) is 5.64. The van der Waals surface area contributed by atoms with Crippen molar-refractivity contribution in [2.75, 3.05) is 5.73 Å². The fraction of sp³-hybridized carbons (Fsp3) is 0. The molecule has 3 aromatic rings. The Kier molecular flexibility index (Phi) is 3.53. The van der Waals surface area contributed by atoms with Gasteiger partial charge in [-0.1, -0.05) is 24.3 Å². The second-order valence-electron chi connectivity index (χ2n) is 4.04. The Hall–Kier alpha value is -2.33. The number of aromatic amines is 1. The molecule has 0 aliphatic carbocycles. The second kappa shape index (κ2) is 5.12. The number of nitrogens with two attached hydrogens (primary N) is 1. The van der Waals surface area contributed by atoms with Gasteiger partial charge < -0.3 is 23.1 Å². The molecule has 0 bridgehead atoms. The lowest BCUT2D eigenvalue weighted by Crippen LogP contribution is -3.00. The van der Waals surface area contributed by atoms with Gasteiger partial charge >= 0.3 is 5.56 Å². The molecule has 0 spiro atoms. The molecule has 5 heteroatoms. The number of fused-ring (bicyclic) bond motifs is 1. The fourth-order valence-corrected chi connectivity index (χ4v) is 2.06. The number of nitrogens with one attached hydrogen (secondary N) is 1. The lowest BCUT2D eigenvalue weighted by atomic mass is 10.1. The summed E-state index contributed by atoms with van der Waals surface area (Å²) in [5.74, 6) is 0. The maximum absolute atomic E-state index is 12.1. The average molecular weight is 274 g/mol. The number of H-pyrrole nitrogens is 1. The van der Waals surface area contributed by atoms with Crippen molar-refractivity contribution in [1.82, 2.24) is 4.98 Å². The number of hydrogen-bond donors (Lipinski definition) is 2. The van der Waals surface area contributed by atoms with Crippen molar-refractivity contribution in [3.8, 4) is 5.69 Å². The molecule has 0 aliphatic heterocycles. The first kappa shape index (κ1) is 13.1. The van der Waals surface area contributed by atoms with Crippen LogP contribution in [-0.4, -0.2) is 4.98 Å². The number of hydrogen-bond acceptors (Lipinski definition) is 2. The molecule has 19 heavy (non-hydrogen) atoms. The minimum absolute atomic E-state index is 0. The van der Waals surface area contributed by atoms with Gasteiger partial charge in [0.25, 0.3) is 5.69 Å². The lowest BCUT2D eigenvalue weighted by molar-refractivity contribution is -0.595. The van der Waals surface area contributed by atoms with Crippen LogP contribution in [0.25, 0.3) is 16.6 Å². The number of pyridine rings is 2. The van der Waals surface area contributed by atoms with Crippen molar-refractivity contribution < 1.29 is 17.0 Å². The molecule has 0 saturated carbocycles. The quantitative estimate of drug-likeness (QED) is 0.524. The molecule has 4 nitrogen and oxygen atoms in total. The Labute approximate surface area is 115 Å². The highest BCUT2D eigenvalue weighted by Crippen LogP contribution is 2.19. The van der Waals surface area contributed by atoms with E-state index in [-0.39, 0.29) is 18.0 Å². The first-order chi connectivity index (χ1) is 8.77. The molecule has 1 aromatic carbocycles. The van der Waals surface area contributed by atoms with E-state index in [1.807, 2.05) is 42.5 Å². The van der Waals surface area contributed by atoms with Crippen LogP contribution in [0.4, 0.5) is 5.69 Å². The van der Waals surface area contributed by atoms with E-state index in [1.165, 1.54) is 0 Å². The van der Waals surface area contributed by atoms with Crippen LogP contribution in [-0.2, 0) is 0 Å². The van der Waals surface area contributed by atoms with Crippen LogP contribution in [0, 0.1) is 0 Å². The molecule has 0 atom stereocenters. The molecule has 96 valence electrons. The number of halogens is 1. The van der Waals surface area contributed by atoms with Gasteiger partial charge in [-0.15, -0.1) is 0 Å². The molecule has 0 amide bonds. The molecule has 2 heterocycles. The molecular formula is C14H12ClN3O. The number of aromatic nitrogens is 2. The zero-order valence-electron chi connectivity index (χ0n) is 10.0. The highest BCUT2D eigenvalue weighted by Gasteiger charge is 2.18. The van der Waals surface area contributed by atoms with Gasteiger partial charge in [0.15, 0.2) is 12.4 Å². The third-order valence-electron chi connectivity index (χ3n) is 2.91. The maximum atomic E-state index is 12.1. The zero-order valence-corrected chi connectivity index (χ0v) is 10.8. The van der Waals surface area contributed by atoms with E-state index in [0.717, 1.165) is 10.9 Å². The van der Waals surface area contributed by atoms with Gasteiger partial charge in [-0.2, -0.15) is 4.57 Å². The predicted octanol–water partition coefficient (Wildman–Crippen LogP) is -1.61. The van der Waals surface area contributed by atoms with Gasteiger partial charge in [0.2, 0.25) is 0 Å². The van der Waals surface area contributed by atoms with Crippen LogP contribution >= 0.6 is 0 Å². The maximum Gasteiger partial charge on any atom is 0.323 e. The van der Waals surface area contributed by atoms with Crippen LogP contribution < -0.4 is 28.3 Å². The van der Waals surface area contributed by atoms with E-state index in [2.05, 4.69) is 4.98 Å². The predicted molar refractivity (Wildman–Crippen MR) is 70.5 cm³/mol. The Morgan fingerprint density at radius 1 is 1.00 bits per heavy atom. The van der Waals surface area contributed by atoms with Gasteiger partial charge in [0, 0.05) is 17.5 Å². The SMILES string of the molecule is Nc1c(-[n+]2ccccc2)c(=O)[nH]c2ccccc12.[Cl-]. The number of nitrogen functional groups attached to an aromatic ring is 1. The molecule has 0 radical (unpaired) electrons. The smallest absolute Gasteiger partial charge is 0.323 e. The third kappa shape index (κ3) is 2.18. The minimum Gasteiger partial charge on any atom is -1.00 e. The summed E-state index contributed by atoms with van der Waals surface area (Å²) in [4.78, 5) is 14.9. The van der Waals surface area contributed by atoms with E-state index < -0.39 is 0 Å². The zero-order chi connectivity index (χ0) is 12.5. The fourth-order valence-electron chi connectivity index (χ4n) is 2.06. The van der Waals surface area contributed by atoms with Gasteiger partial charge in [0.05, 0.1) is 5.52 Å². The van der Waals surface area contributed by atoms with Gasteiger partial charge in [-0.05, 0) is 6.07 Å². The van der Waals surface area contributed by atoms with E-state index in [9.17, 15) is 4.79 Å². The molecule has 0 fully saturated rings. The van der Waals surface area contributed by atoms with Crippen LogP contribution in [0.3, 0.4) is 0 Å². The van der Waals surface area contributed by atoms with E-state index in [1.54, 1.807) is 17.0 Å². The van der Waals surface area contributed by atoms with E-state index in [4.69, 9.17) is 5.73 Å². The van der Waals surface area contributed by atoms with Crippen LogP contribution in [0.5, 0.6) is 0 Å². The monoisotopic (exact) mass is 273 g/mol. The summed E-state index contributed by atoms with van der Waals surface area (Å²) >= 11 is 0. The summed E-state index contributed by atoms with van der Waals surface area (Å²) < 4.78 is 1.72. The van der Waals surface area contributed by atoms with Gasteiger partial charge in [0.1, 0.15) is 5.69 Å². The van der Waals surface area contributed by atoms with Crippen molar-refractivity contribution in [1.29, 1.82) is 0 Å². The summed E-state index contributed by atoms with van der Waals surface area (Å²) in [6.45, 7) is 0. The van der Waals surface area contributed by atoms with E-state index >= 15 is 0 Å². The summed E-state index contributed by atoms with van der Waals surface area (Å²) in [5, 5.41) is 0.850. The highest BCUT2D eigenvalue weighted by atomic mass is 35.5. The van der Waals surface area contributed by atoms with Crippen molar-refractivity contribution in [3.63, 3.8) is 0 Å². The Morgan fingerprint density at radius 3 is 2.42 bits per heavy atom. The molecular weight excluding hydrogens is 262 g/mol. The number of para-hydroxylation sites is 1. The molecule has 2 aromatic heterocycles. The topological polar surface area (TPSA) is 62.8 Å². The standard InChI is InChI=1S/C14H11N3O.ClH/c15-12-10-6-2-3-7-11(10)16-14(18)13(12)17-8-4-1-5-9-17;/h1-9H,(H2-,15,16,18);1H. The lowest BCUT2D eigenvalue weighted by Gasteiger charge is -2.03. The summed E-state index contributed by atoms with van der Waals surface area (Å²) in [6, 6.07) is 13.1. The Morgan fingerprint density at radius 2 is 1.68 bits per heavy atom. The van der Waals surface area contributed by atoms with Gasteiger partial charge in [-0.25, -0.2) is 0 Å². The number of benzene rings is 1. The van der Waals surface area contributed by atoms with E-state index in [0.29, 0.717) is 11.4 Å². The third-order valence-corrected chi connectivity index (χ3v) is 2.91. The van der Waals surface area contributed by atoms with Crippen molar-refractivity contribution in [3.05, 3.63) is 65.2 Å². The Bertz CT molecular complexity index is 768. The van der Waals surface area contributed by atoms with Crippen molar-refractivity contribution in [2.24, 2.45) is 0 Å². The number of rotatable bonds is 1. The minimum atomic E-state index is -0.192. The van der Waals surface area contributed by atoms with Gasteiger partial charge in [-0.3, -0.25) is 4.79 Å². The average Bonchev–Trinajstić information content (AvgIpc) is 2.40. The van der Waals surface area contributed by atoms with Crippen LogP contribution in [0.1, 0.15) is 0 Å². The largest absolute Gasteiger partial charge is 1.00 e. The van der Waals surface area contributed by atoms with Crippen LogP contribution in [0.2, 0.25) is 0 Å². The first-order valence-electron chi connectivity index (χ1n) is 5.64. The Balaban J connectivity index is 0.00000133. The number of nitrogens with zero attached hydrogens (tertiary/aromatic N) is 1. The van der Waals surface area contributed by atoms with Crippen LogP contribution in [0.15, 0.2) is 59.7 Å². The second-order valence-corrected chi connectivity index (χ2v) is 4.04. The van der Waals surface area contributed by atoms with Crippen molar-refractivity contribution >= 4 is 16.6 Å². The molecule has 3 rings (SSSR count). The molecule has 0 aliphatic rings. The number of anilines is 1. The molecule has 3 N–H and O–H groups in total. The molecule has 0 unspecified atom stereocenters. The summed E-state index contributed by atoms with van der Waals surface area (Å²) in [6.07, 6.45) is 3.60. The summed E-state index contributed by atoms with van der Waals surface area (Å²) in [7, 11) is 0.